The van der Waals surface area contributed by atoms with Gasteiger partial charge in [0.25, 0.3) is 5.91 Å². The second kappa shape index (κ2) is 9.76. The number of hydrogen-bond donors (Lipinski definition) is 1. The van der Waals surface area contributed by atoms with Crippen molar-refractivity contribution < 1.29 is 27.1 Å². The van der Waals surface area contributed by atoms with Gasteiger partial charge in [0.1, 0.15) is 10.7 Å². The van der Waals surface area contributed by atoms with Crippen LogP contribution in [0.2, 0.25) is 5.02 Å². The number of hydrogen-bond acceptors (Lipinski definition) is 5. The zero-order valence-electron chi connectivity index (χ0n) is 16.8. The molecule has 1 amide bonds. The molecule has 1 fully saturated rings. The van der Waals surface area contributed by atoms with E-state index >= 15 is 0 Å². The minimum atomic E-state index is -3.85. The fraction of sp³-hybridized carbons (Fsp3) is 0.333. The number of amides is 1. The number of piperidine rings is 1. The average Bonchev–Trinajstić information content (AvgIpc) is 2.76. The van der Waals surface area contributed by atoms with Crippen molar-refractivity contribution in [2.24, 2.45) is 0 Å². The number of rotatable bonds is 6. The Balaban J connectivity index is 1.72. The first kappa shape index (κ1) is 23.2. The lowest BCUT2D eigenvalue weighted by Crippen LogP contribution is -2.36. The second-order valence-corrected chi connectivity index (χ2v) is 9.47. The van der Waals surface area contributed by atoms with Crippen molar-refractivity contribution >= 4 is 39.2 Å². The Kier molecular flexibility index (Phi) is 7.30. The molecule has 2 aromatic rings. The lowest BCUT2D eigenvalue weighted by Gasteiger charge is -2.26. The maximum atomic E-state index is 13.0. The fourth-order valence-electron chi connectivity index (χ4n) is 3.13. The summed E-state index contributed by atoms with van der Waals surface area (Å²) in [7, 11) is -3.85. The van der Waals surface area contributed by atoms with E-state index in [4.69, 9.17) is 16.3 Å². The predicted molar refractivity (Wildman–Crippen MR) is 114 cm³/mol. The van der Waals surface area contributed by atoms with Crippen LogP contribution < -0.4 is 5.32 Å². The van der Waals surface area contributed by atoms with Crippen LogP contribution in [0.4, 0.5) is 10.1 Å². The number of esters is 1. The maximum absolute atomic E-state index is 13.0. The van der Waals surface area contributed by atoms with E-state index in [0.29, 0.717) is 18.8 Å². The average molecular weight is 469 g/mol. The van der Waals surface area contributed by atoms with Crippen molar-refractivity contribution in [2.45, 2.75) is 37.2 Å². The number of ether oxygens (including phenoxy) is 1. The highest BCUT2D eigenvalue weighted by atomic mass is 35.5. The third kappa shape index (κ3) is 5.61. The molecule has 31 heavy (non-hydrogen) atoms. The lowest BCUT2D eigenvalue weighted by atomic mass is 10.2. The molecule has 3 rings (SSSR count). The molecule has 166 valence electrons. The number of halogens is 2. The minimum Gasteiger partial charge on any atom is -0.449 e. The molecular formula is C21H22ClFN2O5S. The van der Waals surface area contributed by atoms with Gasteiger partial charge in [-0.15, -0.1) is 0 Å². The molecule has 1 N–H and O–H groups in total. The van der Waals surface area contributed by atoms with E-state index < -0.39 is 33.8 Å². The normalized spacial score (nSPS) is 15.8. The van der Waals surface area contributed by atoms with Crippen molar-refractivity contribution in [3.05, 3.63) is 58.9 Å². The Morgan fingerprint density at radius 3 is 2.39 bits per heavy atom. The standard InChI is InChI=1S/C21H22ClFN2O5S/c1-14(20(26)24-17-8-6-16(23)7-9-17)30-21(27)15-5-10-18(22)19(13-15)31(28,29)25-11-3-2-4-12-25/h5-10,13-14H,2-4,11-12H2,1H3,(H,24,26). The maximum Gasteiger partial charge on any atom is 0.338 e. The van der Waals surface area contributed by atoms with Gasteiger partial charge in [-0.1, -0.05) is 18.0 Å². The van der Waals surface area contributed by atoms with E-state index in [-0.39, 0.29) is 15.5 Å². The van der Waals surface area contributed by atoms with Gasteiger partial charge in [-0.25, -0.2) is 17.6 Å². The summed E-state index contributed by atoms with van der Waals surface area (Å²) in [6.45, 7) is 2.17. The fourth-order valence-corrected chi connectivity index (χ4v) is 5.15. The highest BCUT2D eigenvalue weighted by Crippen LogP contribution is 2.28. The van der Waals surface area contributed by atoms with E-state index in [9.17, 15) is 22.4 Å². The summed E-state index contributed by atoms with van der Waals surface area (Å²) in [4.78, 5) is 24.6. The predicted octanol–water partition coefficient (Wildman–Crippen LogP) is 3.84. The van der Waals surface area contributed by atoms with Gasteiger partial charge < -0.3 is 10.1 Å². The molecule has 1 unspecified atom stereocenters. The molecule has 10 heteroatoms. The summed E-state index contributed by atoms with van der Waals surface area (Å²) < 4.78 is 45.4. The van der Waals surface area contributed by atoms with E-state index in [2.05, 4.69) is 5.32 Å². The van der Waals surface area contributed by atoms with Crippen LogP contribution in [-0.4, -0.2) is 43.8 Å². The van der Waals surface area contributed by atoms with Crippen molar-refractivity contribution in [3.8, 4) is 0 Å². The molecule has 0 aliphatic carbocycles. The molecule has 7 nitrogen and oxygen atoms in total. The van der Waals surface area contributed by atoms with Gasteiger partial charge >= 0.3 is 5.97 Å². The first-order valence-electron chi connectivity index (χ1n) is 9.75. The summed E-state index contributed by atoms with van der Waals surface area (Å²) in [6.07, 6.45) is 1.32. The van der Waals surface area contributed by atoms with Gasteiger partial charge in [-0.3, -0.25) is 4.79 Å². The topological polar surface area (TPSA) is 92.8 Å². The van der Waals surface area contributed by atoms with Crippen LogP contribution in [0.3, 0.4) is 0 Å². The summed E-state index contributed by atoms with van der Waals surface area (Å²) >= 11 is 6.11. The smallest absolute Gasteiger partial charge is 0.338 e. The Bertz CT molecular complexity index is 1070. The van der Waals surface area contributed by atoms with Crippen LogP contribution in [0.5, 0.6) is 0 Å². The summed E-state index contributed by atoms with van der Waals surface area (Å²) in [6, 6.07) is 8.94. The second-order valence-electron chi connectivity index (χ2n) is 7.15. The van der Waals surface area contributed by atoms with Crippen LogP contribution in [0.1, 0.15) is 36.5 Å². The molecule has 0 spiro atoms. The monoisotopic (exact) mass is 468 g/mol. The zero-order valence-corrected chi connectivity index (χ0v) is 18.4. The van der Waals surface area contributed by atoms with Crippen molar-refractivity contribution in [1.29, 1.82) is 0 Å². The van der Waals surface area contributed by atoms with Crippen LogP contribution in [0.15, 0.2) is 47.4 Å². The van der Waals surface area contributed by atoms with Crippen molar-refractivity contribution in [2.75, 3.05) is 18.4 Å². The number of sulfonamides is 1. The quantitative estimate of drug-likeness (QED) is 0.650. The zero-order chi connectivity index (χ0) is 22.6. The summed E-state index contributed by atoms with van der Waals surface area (Å²) in [5, 5.41) is 2.51. The van der Waals surface area contributed by atoms with E-state index in [1.54, 1.807) is 0 Å². The van der Waals surface area contributed by atoms with Gasteiger partial charge in [0, 0.05) is 18.8 Å². The molecule has 1 aliphatic rings. The van der Waals surface area contributed by atoms with Crippen LogP contribution in [0, 0.1) is 5.82 Å². The van der Waals surface area contributed by atoms with Crippen LogP contribution >= 0.6 is 11.6 Å². The van der Waals surface area contributed by atoms with Crippen LogP contribution in [0.25, 0.3) is 0 Å². The third-order valence-corrected chi connectivity index (χ3v) is 7.24. The van der Waals surface area contributed by atoms with Gasteiger partial charge in [0.05, 0.1) is 10.6 Å². The molecule has 1 aliphatic heterocycles. The molecule has 0 aromatic heterocycles. The summed E-state index contributed by atoms with van der Waals surface area (Å²) in [5.74, 6) is -1.93. The number of anilines is 1. The third-order valence-electron chi connectivity index (χ3n) is 4.86. The van der Waals surface area contributed by atoms with Gasteiger partial charge in [-0.2, -0.15) is 4.31 Å². The molecule has 2 aromatic carbocycles. The molecular weight excluding hydrogens is 447 g/mol. The van der Waals surface area contributed by atoms with Crippen molar-refractivity contribution in [3.63, 3.8) is 0 Å². The summed E-state index contributed by atoms with van der Waals surface area (Å²) in [5.41, 5.74) is 0.303. The van der Waals surface area contributed by atoms with E-state index in [1.807, 2.05) is 0 Å². The molecule has 1 atom stereocenters. The Hall–Kier alpha value is -2.49. The minimum absolute atomic E-state index is 0.00391. The number of benzene rings is 2. The highest BCUT2D eigenvalue weighted by molar-refractivity contribution is 7.89. The molecule has 1 saturated heterocycles. The number of carbonyl (C=O) groups excluding carboxylic acids is 2. The first-order valence-corrected chi connectivity index (χ1v) is 11.6. The highest BCUT2D eigenvalue weighted by Gasteiger charge is 2.29. The SMILES string of the molecule is CC(OC(=O)c1ccc(Cl)c(S(=O)(=O)N2CCCCC2)c1)C(=O)Nc1ccc(F)cc1. The number of carbonyl (C=O) groups is 2. The Labute approximate surface area is 185 Å². The number of nitrogens with zero attached hydrogens (tertiary/aromatic N) is 1. The van der Waals surface area contributed by atoms with E-state index in [1.165, 1.54) is 53.7 Å². The van der Waals surface area contributed by atoms with Crippen molar-refractivity contribution in [1.82, 2.24) is 4.31 Å². The number of nitrogens with one attached hydrogen (secondary N) is 1. The molecule has 0 bridgehead atoms. The van der Waals surface area contributed by atoms with Gasteiger partial charge in [0.2, 0.25) is 10.0 Å². The Morgan fingerprint density at radius 2 is 1.74 bits per heavy atom. The van der Waals surface area contributed by atoms with Crippen LogP contribution in [-0.2, 0) is 19.6 Å². The molecule has 0 saturated carbocycles. The first-order chi connectivity index (χ1) is 14.7. The molecule has 1 heterocycles. The van der Waals surface area contributed by atoms with Gasteiger partial charge in [0.15, 0.2) is 6.10 Å². The van der Waals surface area contributed by atoms with E-state index in [0.717, 1.165) is 19.3 Å². The largest absolute Gasteiger partial charge is 0.449 e. The molecule has 0 radical (unpaired) electrons. The van der Waals surface area contributed by atoms with Gasteiger partial charge in [-0.05, 0) is 62.2 Å². The Morgan fingerprint density at radius 1 is 1.10 bits per heavy atom. The lowest BCUT2D eigenvalue weighted by molar-refractivity contribution is -0.123.